The minimum Gasteiger partial charge on any atom is -0.345 e. The highest BCUT2D eigenvalue weighted by atomic mass is 127. The molecule has 18 heavy (non-hydrogen) atoms. The van der Waals surface area contributed by atoms with E-state index in [-0.39, 0.29) is 17.6 Å². The van der Waals surface area contributed by atoms with Gasteiger partial charge in [-0.1, -0.05) is 13.8 Å². The summed E-state index contributed by atoms with van der Waals surface area (Å²) in [6.07, 6.45) is 0. The fraction of sp³-hybridized carbons (Fsp3) is 0.462. The van der Waals surface area contributed by atoms with Gasteiger partial charge in [-0.2, -0.15) is 0 Å². The molecule has 0 radical (unpaired) electrons. The molecule has 1 unspecified atom stereocenters. The number of halogens is 2. The van der Waals surface area contributed by atoms with E-state index in [2.05, 4.69) is 5.32 Å². The fourth-order valence-corrected chi connectivity index (χ4v) is 1.74. The first-order valence-corrected chi connectivity index (χ1v) is 6.85. The molecule has 0 saturated carbocycles. The van der Waals surface area contributed by atoms with Crippen LogP contribution in [0.1, 0.15) is 31.1 Å². The first-order valence-electron chi connectivity index (χ1n) is 5.78. The van der Waals surface area contributed by atoms with Gasteiger partial charge in [-0.3, -0.25) is 4.79 Å². The maximum absolute atomic E-state index is 13.4. The number of rotatable bonds is 4. The number of carbonyl (C=O) groups excluding carboxylic acids is 1. The Morgan fingerprint density at radius 1 is 1.56 bits per heavy atom. The van der Waals surface area contributed by atoms with Crippen LogP contribution in [-0.4, -0.2) is 18.0 Å². The Hall–Kier alpha value is -0.690. The van der Waals surface area contributed by atoms with Crippen LogP contribution in [0.3, 0.4) is 0 Å². The van der Waals surface area contributed by atoms with Gasteiger partial charge in [-0.05, 0) is 53.6 Å². The van der Waals surface area contributed by atoms with Crippen molar-refractivity contribution in [2.45, 2.75) is 26.3 Å². The average molecular weight is 364 g/mol. The number of hydrogen-bond donors (Lipinski definition) is 2. The van der Waals surface area contributed by atoms with Crippen molar-refractivity contribution in [2.75, 3.05) is 6.54 Å². The molecule has 0 aliphatic carbocycles. The van der Waals surface area contributed by atoms with E-state index >= 15 is 0 Å². The van der Waals surface area contributed by atoms with Crippen LogP contribution in [0.15, 0.2) is 18.2 Å². The SMILES string of the molecule is CC(C)C(C)(CN)NC(=O)c1ccc(I)c(F)c1. The van der Waals surface area contributed by atoms with Gasteiger partial charge < -0.3 is 11.1 Å². The lowest BCUT2D eigenvalue weighted by Crippen LogP contribution is -2.55. The van der Waals surface area contributed by atoms with E-state index in [4.69, 9.17) is 5.73 Å². The zero-order valence-electron chi connectivity index (χ0n) is 10.8. The van der Waals surface area contributed by atoms with Crippen LogP contribution in [0.4, 0.5) is 4.39 Å². The number of nitrogens with one attached hydrogen (secondary N) is 1. The Kier molecular flexibility index (Phi) is 5.10. The van der Waals surface area contributed by atoms with Gasteiger partial charge in [-0.25, -0.2) is 4.39 Å². The highest BCUT2D eigenvalue weighted by molar-refractivity contribution is 14.1. The van der Waals surface area contributed by atoms with Gasteiger partial charge in [0.05, 0.1) is 5.54 Å². The van der Waals surface area contributed by atoms with Crippen LogP contribution in [0.2, 0.25) is 0 Å². The van der Waals surface area contributed by atoms with E-state index < -0.39 is 5.54 Å². The summed E-state index contributed by atoms with van der Waals surface area (Å²) in [6.45, 7) is 6.20. The highest BCUT2D eigenvalue weighted by Gasteiger charge is 2.29. The molecule has 1 aromatic rings. The Bertz CT molecular complexity index is 451. The molecule has 0 fully saturated rings. The van der Waals surface area contributed by atoms with Crippen molar-refractivity contribution in [3.8, 4) is 0 Å². The molecule has 0 aliphatic heterocycles. The minimum atomic E-state index is -0.490. The fourth-order valence-electron chi connectivity index (χ4n) is 1.40. The van der Waals surface area contributed by atoms with Crippen molar-refractivity contribution in [1.29, 1.82) is 0 Å². The molecule has 0 aliphatic rings. The molecule has 1 atom stereocenters. The topological polar surface area (TPSA) is 55.1 Å². The molecule has 5 heteroatoms. The van der Waals surface area contributed by atoms with E-state index in [1.165, 1.54) is 6.07 Å². The number of nitrogens with two attached hydrogens (primary N) is 1. The quantitative estimate of drug-likeness (QED) is 0.807. The maximum Gasteiger partial charge on any atom is 0.251 e. The standard InChI is InChI=1S/C13H18FIN2O/c1-8(2)13(3,7-16)17-12(18)9-4-5-11(15)10(14)6-9/h4-6,8H,7,16H2,1-3H3,(H,17,18). The molecule has 1 amide bonds. The van der Waals surface area contributed by atoms with E-state index in [1.54, 1.807) is 12.1 Å². The number of amides is 1. The molecule has 100 valence electrons. The van der Waals surface area contributed by atoms with Crippen LogP contribution < -0.4 is 11.1 Å². The molecule has 0 heterocycles. The van der Waals surface area contributed by atoms with Crippen molar-refractivity contribution in [3.05, 3.63) is 33.1 Å². The molecule has 1 rings (SSSR count). The maximum atomic E-state index is 13.4. The van der Waals surface area contributed by atoms with E-state index in [1.807, 2.05) is 43.4 Å². The molecule has 0 saturated heterocycles. The summed E-state index contributed by atoms with van der Waals surface area (Å²) < 4.78 is 13.9. The van der Waals surface area contributed by atoms with Gasteiger partial charge in [-0.15, -0.1) is 0 Å². The first kappa shape index (κ1) is 15.4. The number of benzene rings is 1. The Morgan fingerprint density at radius 2 is 2.17 bits per heavy atom. The van der Waals surface area contributed by atoms with Crippen LogP contribution in [0.5, 0.6) is 0 Å². The smallest absolute Gasteiger partial charge is 0.251 e. The zero-order valence-corrected chi connectivity index (χ0v) is 12.9. The molecular weight excluding hydrogens is 346 g/mol. The van der Waals surface area contributed by atoms with Gasteiger partial charge in [0.1, 0.15) is 5.82 Å². The summed E-state index contributed by atoms with van der Waals surface area (Å²) in [6, 6.07) is 4.44. The zero-order chi connectivity index (χ0) is 13.9. The molecular formula is C13H18FIN2O. The third kappa shape index (κ3) is 3.41. The molecule has 0 bridgehead atoms. The van der Waals surface area contributed by atoms with E-state index in [9.17, 15) is 9.18 Å². The van der Waals surface area contributed by atoms with Crippen molar-refractivity contribution < 1.29 is 9.18 Å². The van der Waals surface area contributed by atoms with Crippen LogP contribution in [-0.2, 0) is 0 Å². The predicted molar refractivity (Wildman–Crippen MR) is 78.9 cm³/mol. The van der Waals surface area contributed by atoms with E-state index in [0.29, 0.717) is 15.7 Å². The third-order valence-corrected chi connectivity index (χ3v) is 4.15. The average Bonchev–Trinajstić information content (AvgIpc) is 2.32. The first-order chi connectivity index (χ1) is 8.30. The molecule has 3 nitrogen and oxygen atoms in total. The number of hydrogen-bond acceptors (Lipinski definition) is 2. The summed E-state index contributed by atoms with van der Waals surface area (Å²) in [5.74, 6) is -0.491. The van der Waals surface area contributed by atoms with Crippen LogP contribution in [0.25, 0.3) is 0 Å². The lowest BCUT2D eigenvalue weighted by Gasteiger charge is -2.33. The van der Waals surface area contributed by atoms with Crippen LogP contribution >= 0.6 is 22.6 Å². The van der Waals surface area contributed by atoms with Crippen molar-refractivity contribution in [3.63, 3.8) is 0 Å². The number of carbonyl (C=O) groups is 1. The molecule has 0 aromatic heterocycles. The monoisotopic (exact) mass is 364 g/mol. The normalized spacial score (nSPS) is 14.4. The third-order valence-electron chi connectivity index (χ3n) is 3.28. The summed E-state index contributed by atoms with van der Waals surface area (Å²) in [5, 5.41) is 2.87. The molecule has 0 spiro atoms. The second-order valence-corrected chi connectivity index (χ2v) is 6.02. The molecule has 3 N–H and O–H groups in total. The lowest BCUT2D eigenvalue weighted by atomic mass is 9.88. The highest BCUT2D eigenvalue weighted by Crippen LogP contribution is 2.17. The van der Waals surface area contributed by atoms with Gasteiger partial charge in [0.25, 0.3) is 5.91 Å². The largest absolute Gasteiger partial charge is 0.345 e. The van der Waals surface area contributed by atoms with Gasteiger partial charge in [0, 0.05) is 15.7 Å². The van der Waals surface area contributed by atoms with Crippen molar-refractivity contribution >= 4 is 28.5 Å². The summed E-state index contributed by atoms with van der Waals surface area (Å²) >= 11 is 1.88. The summed E-state index contributed by atoms with van der Waals surface area (Å²) in [4.78, 5) is 12.1. The summed E-state index contributed by atoms with van der Waals surface area (Å²) in [5.41, 5.74) is 5.52. The van der Waals surface area contributed by atoms with Gasteiger partial charge in [0.15, 0.2) is 0 Å². The Balaban J connectivity index is 2.91. The van der Waals surface area contributed by atoms with Crippen LogP contribution in [0, 0.1) is 15.3 Å². The van der Waals surface area contributed by atoms with Gasteiger partial charge >= 0.3 is 0 Å². The van der Waals surface area contributed by atoms with Crippen molar-refractivity contribution in [1.82, 2.24) is 5.32 Å². The second kappa shape index (κ2) is 5.97. The second-order valence-electron chi connectivity index (χ2n) is 4.86. The van der Waals surface area contributed by atoms with E-state index in [0.717, 1.165) is 0 Å². The van der Waals surface area contributed by atoms with Crippen molar-refractivity contribution in [2.24, 2.45) is 11.7 Å². The predicted octanol–water partition coefficient (Wildman–Crippen LogP) is 2.53. The minimum absolute atomic E-state index is 0.195. The van der Waals surface area contributed by atoms with Gasteiger partial charge in [0.2, 0.25) is 0 Å². The lowest BCUT2D eigenvalue weighted by molar-refractivity contribution is 0.0882. The summed E-state index contributed by atoms with van der Waals surface area (Å²) in [7, 11) is 0. The Morgan fingerprint density at radius 3 is 2.61 bits per heavy atom. The Labute approximate surface area is 120 Å². The molecule has 1 aromatic carbocycles.